The molecule has 1 aromatic heterocycles. The van der Waals surface area contributed by atoms with E-state index in [9.17, 15) is 9.59 Å². The van der Waals surface area contributed by atoms with Crippen LogP contribution in [0.4, 0.5) is 0 Å². The Labute approximate surface area is 105 Å². The van der Waals surface area contributed by atoms with Crippen LogP contribution >= 0.6 is 0 Å². The van der Waals surface area contributed by atoms with Gasteiger partial charge in [0.1, 0.15) is 0 Å². The van der Waals surface area contributed by atoms with Crippen molar-refractivity contribution < 1.29 is 9.59 Å². The number of hydrogen-bond acceptors (Lipinski definition) is 3. The molecule has 0 saturated carbocycles. The Hall–Kier alpha value is -2.23. The molecular formula is C14H14N2O2. The summed E-state index contributed by atoms with van der Waals surface area (Å²) in [6, 6.07) is 8.85. The van der Waals surface area contributed by atoms with Gasteiger partial charge in [0.15, 0.2) is 5.78 Å². The number of para-hydroxylation sites is 1. The second kappa shape index (κ2) is 4.96. The fraction of sp³-hybridized carbons (Fsp3) is 0.214. The largest absolute Gasteiger partial charge is 0.342 e. The minimum Gasteiger partial charge on any atom is -0.342 e. The molecule has 1 N–H and O–H groups in total. The van der Waals surface area contributed by atoms with Gasteiger partial charge in [0.05, 0.1) is 17.1 Å². The first-order valence-corrected chi connectivity index (χ1v) is 5.74. The van der Waals surface area contributed by atoms with Crippen LogP contribution in [0.5, 0.6) is 0 Å². The maximum atomic E-state index is 11.9. The highest BCUT2D eigenvalue weighted by molar-refractivity contribution is 5.99. The molecule has 0 fully saturated rings. The first-order chi connectivity index (χ1) is 8.58. The molecule has 0 bridgehead atoms. The second-order valence-electron chi connectivity index (χ2n) is 4.22. The normalized spacial score (nSPS) is 12.1. The van der Waals surface area contributed by atoms with Crippen molar-refractivity contribution in [2.75, 3.05) is 0 Å². The van der Waals surface area contributed by atoms with Gasteiger partial charge in [-0.1, -0.05) is 18.2 Å². The van der Waals surface area contributed by atoms with Crippen LogP contribution in [0.25, 0.3) is 10.9 Å². The van der Waals surface area contributed by atoms with Crippen molar-refractivity contribution in [3.05, 3.63) is 42.1 Å². The monoisotopic (exact) mass is 242 g/mol. The van der Waals surface area contributed by atoms with Crippen LogP contribution in [-0.2, 0) is 4.79 Å². The van der Waals surface area contributed by atoms with Gasteiger partial charge in [0.25, 0.3) is 5.91 Å². The zero-order valence-corrected chi connectivity index (χ0v) is 10.3. The lowest BCUT2D eigenvalue weighted by Gasteiger charge is -2.10. The molecule has 0 aliphatic carbocycles. The van der Waals surface area contributed by atoms with Crippen molar-refractivity contribution in [1.29, 1.82) is 0 Å². The highest BCUT2D eigenvalue weighted by Crippen LogP contribution is 2.12. The maximum absolute atomic E-state index is 11.9. The third-order valence-electron chi connectivity index (χ3n) is 2.81. The number of fused-ring (bicyclic) bond motifs is 1. The van der Waals surface area contributed by atoms with Crippen molar-refractivity contribution >= 4 is 22.6 Å². The molecule has 4 heteroatoms. The lowest BCUT2D eigenvalue weighted by Crippen LogP contribution is -2.37. The average Bonchev–Trinajstić information content (AvgIpc) is 2.37. The summed E-state index contributed by atoms with van der Waals surface area (Å²) in [4.78, 5) is 27.2. The molecule has 1 aromatic carbocycles. The van der Waals surface area contributed by atoms with E-state index in [0.717, 1.165) is 10.9 Å². The van der Waals surface area contributed by atoms with Crippen molar-refractivity contribution in [1.82, 2.24) is 10.3 Å². The van der Waals surface area contributed by atoms with E-state index in [1.54, 1.807) is 13.0 Å². The van der Waals surface area contributed by atoms with Crippen LogP contribution in [0.15, 0.2) is 36.5 Å². The van der Waals surface area contributed by atoms with E-state index < -0.39 is 6.04 Å². The number of nitrogens with zero attached hydrogens (tertiary/aromatic N) is 1. The number of amides is 1. The fourth-order valence-corrected chi connectivity index (χ4v) is 1.58. The molecule has 1 atom stereocenters. The summed E-state index contributed by atoms with van der Waals surface area (Å²) in [5.74, 6) is -0.354. The Morgan fingerprint density at radius 3 is 2.72 bits per heavy atom. The number of carbonyl (C=O) groups is 2. The molecule has 0 spiro atoms. The highest BCUT2D eigenvalue weighted by atomic mass is 16.2. The van der Waals surface area contributed by atoms with Crippen LogP contribution < -0.4 is 5.32 Å². The number of Topliss-reactive ketones (excluding diaryl/α,β-unsaturated/α-hetero) is 1. The maximum Gasteiger partial charge on any atom is 0.253 e. The molecule has 4 nitrogen and oxygen atoms in total. The first-order valence-electron chi connectivity index (χ1n) is 5.74. The molecule has 1 unspecified atom stereocenters. The van der Waals surface area contributed by atoms with E-state index >= 15 is 0 Å². The van der Waals surface area contributed by atoms with Crippen molar-refractivity contribution in [3.63, 3.8) is 0 Å². The predicted octanol–water partition coefficient (Wildman–Crippen LogP) is 1.94. The SMILES string of the molecule is CC(=O)C(C)NC(=O)c1cnc2ccccc2c1. The molecule has 2 aromatic rings. The topological polar surface area (TPSA) is 59.1 Å². The third-order valence-corrected chi connectivity index (χ3v) is 2.81. The predicted molar refractivity (Wildman–Crippen MR) is 69.4 cm³/mol. The number of benzene rings is 1. The summed E-state index contributed by atoms with van der Waals surface area (Å²) in [6.07, 6.45) is 1.52. The number of nitrogens with one attached hydrogen (secondary N) is 1. The summed E-state index contributed by atoms with van der Waals surface area (Å²) in [7, 11) is 0. The van der Waals surface area contributed by atoms with Gasteiger partial charge in [-0.05, 0) is 26.0 Å². The highest BCUT2D eigenvalue weighted by Gasteiger charge is 2.13. The van der Waals surface area contributed by atoms with E-state index in [0.29, 0.717) is 5.56 Å². The summed E-state index contributed by atoms with van der Waals surface area (Å²) in [6.45, 7) is 3.11. The molecule has 0 aliphatic heterocycles. The van der Waals surface area contributed by atoms with E-state index in [4.69, 9.17) is 0 Å². The van der Waals surface area contributed by atoms with Crippen molar-refractivity contribution in [2.24, 2.45) is 0 Å². The summed E-state index contributed by atoms with van der Waals surface area (Å²) >= 11 is 0. The lowest BCUT2D eigenvalue weighted by molar-refractivity contribution is -0.118. The molecule has 2 rings (SSSR count). The Balaban J connectivity index is 2.25. The van der Waals surface area contributed by atoms with Crippen LogP contribution in [0, 0.1) is 0 Å². The lowest BCUT2D eigenvalue weighted by atomic mass is 10.1. The molecule has 18 heavy (non-hydrogen) atoms. The van der Waals surface area contributed by atoms with Gasteiger partial charge in [0.2, 0.25) is 0 Å². The minimum atomic E-state index is -0.482. The average molecular weight is 242 g/mol. The number of aromatic nitrogens is 1. The van der Waals surface area contributed by atoms with Gasteiger partial charge in [-0.2, -0.15) is 0 Å². The van der Waals surface area contributed by atoms with Crippen LogP contribution in [0.1, 0.15) is 24.2 Å². The Morgan fingerprint density at radius 2 is 2.00 bits per heavy atom. The van der Waals surface area contributed by atoms with Crippen molar-refractivity contribution in [3.8, 4) is 0 Å². The third kappa shape index (κ3) is 2.53. The van der Waals surface area contributed by atoms with Crippen LogP contribution in [0.3, 0.4) is 0 Å². The number of pyridine rings is 1. The molecule has 0 radical (unpaired) electrons. The standard InChI is InChI=1S/C14H14N2O2/c1-9(10(2)17)16-14(18)12-7-11-5-3-4-6-13(11)15-8-12/h3-9H,1-2H3,(H,16,18). The quantitative estimate of drug-likeness (QED) is 0.894. The zero-order chi connectivity index (χ0) is 13.1. The number of rotatable bonds is 3. The molecule has 0 aliphatic rings. The van der Waals surface area contributed by atoms with Gasteiger partial charge in [0, 0.05) is 11.6 Å². The fourth-order valence-electron chi connectivity index (χ4n) is 1.58. The van der Waals surface area contributed by atoms with Crippen LogP contribution in [0.2, 0.25) is 0 Å². The minimum absolute atomic E-state index is 0.0721. The van der Waals surface area contributed by atoms with Gasteiger partial charge in [-0.25, -0.2) is 0 Å². The van der Waals surface area contributed by atoms with E-state index in [-0.39, 0.29) is 11.7 Å². The van der Waals surface area contributed by atoms with Crippen LogP contribution in [-0.4, -0.2) is 22.7 Å². The summed E-state index contributed by atoms with van der Waals surface area (Å²) < 4.78 is 0. The smallest absolute Gasteiger partial charge is 0.253 e. The Bertz CT molecular complexity index is 608. The second-order valence-corrected chi connectivity index (χ2v) is 4.22. The Morgan fingerprint density at radius 1 is 1.28 bits per heavy atom. The molecule has 1 heterocycles. The van der Waals surface area contributed by atoms with E-state index in [2.05, 4.69) is 10.3 Å². The Kier molecular flexibility index (Phi) is 3.37. The number of ketones is 1. The molecule has 92 valence electrons. The van der Waals surface area contributed by atoms with E-state index in [1.807, 2.05) is 24.3 Å². The zero-order valence-electron chi connectivity index (χ0n) is 10.3. The van der Waals surface area contributed by atoms with E-state index in [1.165, 1.54) is 13.1 Å². The van der Waals surface area contributed by atoms with Gasteiger partial charge < -0.3 is 5.32 Å². The number of carbonyl (C=O) groups excluding carboxylic acids is 2. The van der Waals surface area contributed by atoms with Gasteiger partial charge in [-0.3, -0.25) is 14.6 Å². The summed E-state index contributed by atoms with van der Waals surface area (Å²) in [5, 5.41) is 3.54. The molecule has 0 saturated heterocycles. The molecular weight excluding hydrogens is 228 g/mol. The molecule has 1 amide bonds. The number of hydrogen-bond donors (Lipinski definition) is 1. The first kappa shape index (κ1) is 12.2. The van der Waals surface area contributed by atoms with Gasteiger partial charge in [-0.15, -0.1) is 0 Å². The van der Waals surface area contributed by atoms with Crippen molar-refractivity contribution in [2.45, 2.75) is 19.9 Å². The summed E-state index contributed by atoms with van der Waals surface area (Å²) in [5.41, 5.74) is 1.30. The van der Waals surface area contributed by atoms with Gasteiger partial charge >= 0.3 is 0 Å².